The zero-order valence-electron chi connectivity index (χ0n) is 15.7. The minimum Gasteiger partial charge on any atom is -0.497 e. The number of nitrogens with zero attached hydrogens (tertiary/aromatic N) is 3. The summed E-state index contributed by atoms with van der Waals surface area (Å²) in [5, 5.41) is 7.64. The molecular formula is C20H28N4O2. The fourth-order valence-corrected chi connectivity index (χ4v) is 4.23. The number of rotatable bonds is 5. The molecule has 26 heavy (non-hydrogen) atoms. The standard InChI is InChI=1S/C20H28N4O2/c1-25-14-20-18-13-24(12-9-19(18)21-22-20)16-7-10-23(11-8-16)15-3-5-17(26-2)6-4-15/h3-6,16H,7-14H2,1-2H3,(H,21,22). The average molecular weight is 356 g/mol. The maximum atomic E-state index is 5.30. The normalized spacial score (nSPS) is 18.8. The van der Waals surface area contributed by atoms with Gasteiger partial charge in [0.1, 0.15) is 5.75 Å². The number of piperidine rings is 1. The van der Waals surface area contributed by atoms with Gasteiger partial charge in [0.15, 0.2) is 0 Å². The summed E-state index contributed by atoms with van der Waals surface area (Å²) >= 11 is 0. The highest BCUT2D eigenvalue weighted by Crippen LogP contribution is 2.28. The average Bonchev–Trinajstić information content (AvgIpc) is 3.11. The first-order valence-corrected chi connectivity index (χ1v) is 9.45. The molecule has 1 aromatic heterocycles. The molecule has 2 aliphatic rings. The molecule has 2 aromatic rings. The van der Waals surface area contributed by atoms with E-state index in [0.29, 0.717) is 12.6 Å². The van der Waals surface area contributed by atoms with Crippen molar-refractivity contribution in [2.45, 2.75) is 38.5 Å². The second-order valence-corrected chi connectivity index (χ2v) is 7.20. The molecule has 0 aliphatic carbocycles. The zero-order valence-corrected chi connectivity index (χ0v) is 15.7. The Hall–Kier alpha value is -2.05. The van der Waals surface area contributed by atoms with Crippen LogP contribution >= 0.6 is 0 Å². The fourth-order valence-electron chi connectivity index (χ4n) is 4.23. The van der Waals surface area contributed by atoms with Crippen molar-refractivity contribution in [3.63, 3.8) is 0 Å². The Balaban J connectivity index is 1.36. The molecule has 140 valence electrons. The van der Waals surface area contributed by atoms with Gasteiger partial charge in [-0.25, -0.2) is 0 Å². The molecule has 0 radical (unpaired) electrons. The number of nitrogens with one attached hydrogen (secondary N) is 1. The summed E-state index contributed by atoms with van der Waals surface area (Å²) in [6.07, 6.45) is 3.47. The summed E-state index contributed by atoms with van der Waals surface area (Å²) in [5.41, 5.74) is 5.02. The molecule has 6 heteroatoms. The van der Waals surface area contributed by atoms with Crippen LogP contribution in [0.25, 0.3) is 0 Å². The zero-order chi connectivity index (χ0) is 17.9. The van der Waals surface area contributed by atoms with Gasteiger partial charge in [-0.05, 0) is 37.1 Å². The Morgan fingerprint density at radius 3 is 2.58 bits per heavy atom. The van der Waals surface area contributed by atoms with Crippen molar-refractivity contribution in [1.29, 1.82) is 0 Å². The number of aromatic amines is 1. The van der Waals surface area contributed by atoms with Crippen LogP contribution in [0.15, 0.2) is 24.3 Å². The monoisotopic (exact) mass is 356 g/mol. The van der Waals surface area contributed by atoms with Crippen LogP contribution in [0.3, 0.4) is 0 Å². The van der Waals surface area contributed by atoms with Gasteiger partial charge in [0, 0.05) is 62.7 Å². The van der Waals surface area contributed by atoms with Gasteiger partial charge >= 0.3 is 0 Å². The first kappa shape index (κ1) is 17.4. The number of hydrogen-bond donors (Lipinski definition) is 1. The van der Waals surface area contributed by atoms with Crippen LogP contribution in [0.5, 0.6) is 5.75 Å². The number of fused-ring (bicyclic) bond motifs is 1. The van der Waals surface area contributed by atoms with Crippen LogP contribution in [0, 0.1) is 0 Å². The van der Waals surface area contributed by atoms with E-state index in [1.807, 2.05) is 12.1 Å². The van der Waals surface area contributed by atoms with Gasteiger partial charge in [0.2, 0.25) is 0 Å². The largest absolute Gasteiger partial charge is 0.497 e. The molecule has 3 heterocycles. The number of anilines is 1. The smallest absolute Gasteiger partial charge is 0.119 e. The van der Waals surface area contributed by atoms with Crippen LogP contribution in [0.1, 0.15) is 29.8 Å². The molecule has 2 aliphatic heterocycles. The minimum atomic E-state index is 0.593. The predicted octanol–water partition coefficient (Wildman–Crippen LogP) is 2.59. The Morgan fingerprint density at radius 2 is 1.88 bits per heavy atom. The van der Waals surface area contributed by atoms with Crippen molar-refractivity contribution in [2.75, 3.05) is 38.8 Å². The first-order chi connectivity index (χ1) is 12.8. The Labute approximate surface area is 155 Å². The third-order valence-corrected chi connectivity index (χ3v) is 5.75. The highest BCUT2D eigenvalue weighted by molar-refractivity contribution is 5.49. The predicted molar refractivity (Wildman–Crippen MR) is 102 cm³/mol. The number of H-pyrrole nitrogens is 1. The molecular weight excluding hydrogens is 328 g/mol. The molecule has 0 unspecified atom stereocenters. The summed E-state index contributed by atoms with van der Waals surface area (Å²) in [5.74, 6) is 0.916. The molecule has 1 N–H and O–H groups in total. The maximum absolute atomic E-state index is 5.30. The number of benzene rings is 1. The molecule has 0 amide bonds. The molecule has 0 saturated carbocycles. The van der Waals surface area contributed by atoms with Crippen LogP contribution in [-0.2, 0) is 24.3 Å². The van der Waals surface area contributed by atoms with Crippen LogP contribution in [0.4, 0.5) is 5.69 Å². The van der Waals surface area contributed by atoms with E-state index in [1.165, 1.54) is 29.8 Å². The number of ether oxygens (including phenoxy) is 2. The lowest BCUT2D eigenvalue weighted by Gasteiger charge is -2.41. The molecule has 0 spiro atoms. The minimum absolute atomic E-state index is 0.593. The van der Waals surface area contributed by atoms with Crippen molar-refractivity contribution in [1.82, 2.24) is 15.1 Å². The Morgan fingerprint density at radius 1 is 1.12 bits per heavy atom. The van der Waals surface area contributed by atoms with Gasteiger partial charge in [-0.1, -0.05) is 0 Å². The lowest BCUT2D eigenvalue weighted by Crippen LogP contribution is -2.46. The molecule has 0 atom stereocenters. The molecule has 0 bridgehead atoms. The quantitative estimate of drug-likeness (QED) is 0.892. The summed E-state index contributed by atoms with van der Waals surface area (Å²) in [7, 11) is 3.44. The van der Waals surface area contributed by atoms with Crippen LogP contribution in [-0.4, -0.2) is 55.0 Å². The van der Waals surface area contributed by atoms with Gasteiger partial charge in [-0.3, -0.25) is 10.00 Å². The summed E-state index contributed by atoms with van der Waals surface area (Å²) in [6, 6.07) is 9.07. The van der Waals surface area contributed by atoms with Crippen molar-refractivity contribution < 1.29 is 9.47 Å². The van der Waals surface area contributed by atoms with Crippen molar-refractivity contribution in [2.24, 2.45) is 0 Å². The third kappa shape index (κ3) is 3.44. The van der Waals surface area contributed by atoms with E-state index in [9.17, 15) is 0 Å². The topological polar surface area (TPSA) is 53.6 Å². The van der Waals surface area contributed by atoms with Crippen molar-refractivity contribution in [3.05, 3.63) is 41.2 Å². The summed E-state index contributed by atoms with van der Waals surface area (Å²) in [6.45, 7) is 4.93. The van der Waals surface area contributed by atoms with Gasteiger partial charge in [0.05, 0.1) is 19.4 Å². The number of hydrogen-bond acceptors (Lipinski definition) is 5. The molecule has 1 saturated heterocycles. The van der Waals surface area contributed by atoms with Gasteiger partial charge in [-0.15, -0.1) is 0 Å². The summed E-state index contributed by atoms with van der Waals surface area (Å²) < 4.78 is 10.6. The lowest BCUT2D eigenvalue weighted by molar-refractivity contribution is 0.148. The van der Waals surface area contributed by atoms with Crippen LogP contribution < -0.4 is 9.64 Å². The molecule has 6 nitrogen and oxygen atoms in total. The first-order valence-electron chi connectivity index (χ1n) is 9.45. The number of methoxy groups -OCH3 is 2. The van der Waals surface area contributed by atoms with E-state index in [-0.39, 0.29) is 0 Å². The molecule has 1 fully saturated rings. The van der Waals surface area contributed by atoms with E-state index in [2.05, 4.69) is 32.1 Å². The Bertz CT molecular complexity index is 720. The SMILES string of the molecule is COCc1n[nH]c2c1CN(C1CCN(c3ccc(OC)cc3)CC1)CC2. The second kappa shape index (κ2) is 7.68. The molecule has 4 rings (SSSR count). The molecule has 1 aromatic carbocycles. The second-order valence-electron chi connectivity index (χ2n) is 7.20. The summed E-state index contributed by atoms with van der Waals surface area (Å²) in [4.78, 5) is 5.13. The van der Waals surface area contributed by atoms with E-state index < -0.39 is 0 Å². The van der Waals surface area contributed by atoms with E-state index in [1.54, 1.807) is 14.2 Å². The fraction of sp³-hybridized carbons (Fsp3) is 0.550. The van der Waals surface area contributed by atoms with Gasteiger partial charge in [0.25, 0.3) is 0 Å². The van der Waals surface area contributed by atoms with Crippen molar-refractivity contribution >= 4 is 5.69 Å². The highest BCUT2D eigenvalue weighted by atomic mass is 16.5. The Kier molecular flexibility index (Phi) is 5.13. The van der Waals surface area contributed by atoms with Crippen molar-refractivity contribution in [3.8, 4) is 5.75 Å². The van der Waals surface area contributed by atoms with Crippen LogP contribution in [0.2, 0.25) is 0 Å². The van der Waals surface area contributed by atoms with Gasteiger partial charge < -0.3 is 14.4 Å². The number of aromatic nitrogens is 2. The maximum Gasteiger partial charge on any atom is 0.119 e. The lowest BCUT2D eigenvalue weighted by atomic mass is 9.97. The third-order valence-electron chi connectivity index (χ3n) is 5.75. The highest BCUT2D eigenvalue weighted by Gasteiger charge is 2.29. The van der Waals surface area contributed by atoms with Gasteiger partial charge in [-0.2, -0.15) is 5.10 Å². The van der Waals surface area contributed by atoms with E-state index in [4.69, 9.17) is 9.47 Å². The van der Waals surface area contributed by atoms with E-state index in [0.717, 1.165) is 44.0 Å². The van der Waals surface area contributed by atoms with E-state index >= 15 is 0 Å².